The van der Waals surface area contributed by atoms with Crippen LogP contribution in [0, 0.1) is 15.5 Å². The minimum atomic E-state index is -0.388. The monoisotopic (exact) mass is 280 g/mol. The number of hydrogen-bond donors (Lipinski definition) is 2. The van der Waals surface area contributed by atoms with Gasteiger partial charge in [-0.3, -0.25) is 10.1 Å². The van der Waals surface area contributed by atoms with Crippen LogP contribution in [0.3, 0.4) is 0 Å². The highest BCUT2D eigenvalue weighted by Crippen LogP contribution is 2.20. The molecule has 1 aromatic carbocycles. The maximum atomic E-state index is 10.9. The molecule has 1 rings (SSSR count). The lowest BCUT2D eigenvalue weighted by atomic mass is 9.89. The number of nitro benzene ring substituents is 1. The molecular formula is C15H24N2O3. The normalized spacial score (nSPS) is 13.2. The molecule has 1 aromatic rings. The number of aliphatic hydroxyl groups is 1. The Labute approximate surface area is 120 Å². The predicted octanol–water partition coefficient (Wildman–Crippen LogP) is 2.52. The molecule has 0 aromatic heterocycles. The summed E-state index contributed by atoms with van der Waals surface area (Å²) >= 11 is 0. The van der Waals surface area contributed by atoms with Gasteiger partial charge in [-0.25, -0.2) is 0 Å². The van der Waals surface area contributed by atoms with E-state index in [1.165, 1.54) is 6.07 Å². The minimum Gasteiger partial charge on any atom is -0.392 e. The number of rotatable bonds is 7. The fraction of sp³-hybridized carbons (Fsp3) is 0.600. The van der Waals surface area contributed by atoms with E-state index in [9.17, 15) is 15.2 Å². The van der Waals surface area contributed by atoms with Gasteiger partial charge in [0, 0.05) is 18.2 Å². The molecular weight excluding hydrogens is 256 g/mol. The molecule has 0 saturated heterocycles. The van der Waals surface area contributed by atoms with Gasteiger partial charge >= 0.3 is 0 Å². The highest BCUT2D eigenvalue weighted by Gasteiger charge is 2.16. The second kappa shape index (κ2) is 7.36. The highest BCUT2D eigenvalue weighted by atomic mass is 16.6. The van der Waals surface area contributed by atoms with Crippen molar-refractivity contribution in [2.24, 2.45) is 5.41 Å². The average Bonchev–Trinajstić information content (AvgIpc) is 2.33. The van der Waals surface area contributed by atoms with Gasteiger partial charge in [0.2, 0.25) is 0 Å². The molecule has 0 amide bonds. The number of para-hydroxylation sites is 1. The van der Waals surface area contributed by atoms with Crippen LogP contribution in [0.2, 0.25) is 0 Å². The van der Waals surface area contributed by atoms with Crippen molar-refractivity contribution in [3.63, 3.8) is 0 Å². The number of nitro groups is 1. The first-order valence-electron chi connectivity index (χ1n) is 6.91. The third-order valence-electron chi connectivity index (χ3n) is 2.99. The van der Waals surface area contributed by atoms with Gasteiger partial charge in [0.05, 0.1) is 11.0 Å². The smallest absolute Gasteiger partial charge is 0.272 e. The molecule has 0 fully saturated rings. The standard InChI is InChI=1S/C15H24N2O3/c1-15(2,3)10-13(18)11-16-9-8-12-6-4-5-7-14(12)17(19)20/h4-7,13,16,18H,8-11H2,1-3H3. The molecule has 0 aliphatic carbocycles. The average molecular weight is 280 g/mol. The van der Waals surface area contributed by atoms with Crippen LogP contribution in [0.4, 0.5) is 5.69 Å². The van der Waals surface area contributed by atoms with E-state index in [2.05, 4.69) is 26.1 Å². The van der Waals surface area contributed by atoms with E-state index in [1.807, 2.05) is 0 Å². The molecule has 20 heavy (non-hydrogen) atoms. The van der Waals surface area contributed by atoms with Crippen LogP contribution in [0.25, 0.3) is 0 Å². The van der Waals surface area contributed by atoms with Gasteiger partial charge in [-0.05, 0) is 24.8 Å². The molecule has 0 aliphatic heterocycles. The number of nitrogens with one attached hydrogen (secondary N) is 1. The van der Waals surface area contributed by atoms with Gasteiger partial charge in [0.25, 0.3) is 5.69 Å². The van der Waals surface area contributed by atoms with E-state index in [-0.39, 0.29) is 22.1 Å². The van der Waals surface area contributed by atoms with Crippen LogP contribution in [-0.2, 0) is 6.42 Å². The summed E-state index contributed by atoms with van der Waals surface area (Å²) in [5.74, 6) is 0. The SMILES string of the molecule is CC(C)(C)CC(O)CNCCc1ccccc1[N+](=O)[O-]. The molecule has 1 unspecified atom stereocenters. The quantitative estimate of drug-likeness (QED) is 0.457. The summed E-state index contributed by atoms with van der Waals surface area (Å²) in [6.07, 6.45) is 0.922. The molecule has 0 saturated carbocycles. The highest BCUT2D eigenvalue weighted by molar-refractivity contribution is 5.39. The Bertz CT molecular complexity index is 441. The van der Waals surface area contributed by atoms with E-state index < -0.39 is 0 Å². The fourth-order valence-electron chi connectivity index (χ4n) is 2.17. The lowest BCUT2D eigenvalue weighted by Gasteiger charge is -2.22. The second-order valence-electron chi connectivity index (χ2n) is 6.26. The summed E-state index contributed by atoms with van der Waals surface area (Å²) in [6.45, 7) is 7.39. The number of hydrogen-bond acceptors (Lipinski definition) is 4. The van der Waals surface area contributed by atoms with Crippen LogP contribution < -0.4 is 5.32 Å². The number of nitrogens with zero attached hydrogens (tertiary/aromatic N) is 1. The summed E-state index contributed by atoms with van der Waals surface area (Å²) < 4.78 is 0. The maximum Gasteiger partial charge on any atom is 0.272 e. The van der Waals surface area contributed by atoms with Crippen molar-refractivity contribution >= 4 is 5.69 Å². The van der Waals surface area contributed by atoms with Crippen molar-refractivity contribution in [2.45, 2.75) is 39.7 Å². The van der Waals surface area contributed by atoms with E-state index in [4.69, 9.17) is 0 Å². The summed E-state index contributed by atoms with van der Waals surface area (Å²) in [4.78, 5) is 10.5. The van der Waals surface area contributed by atoms with E-state index in [1.54, 1.807) is 18.2 Å². The molecule has 0 spiro atoms. The van der Waals surface area contributed by atoms with Gasteiger partial charge in [-0.2, -0.15) is 0 Å². The van der Waals surface area contributed by atoms with Gasteiger partial charge in [0.1, 0.15) is 0 Å². The first-order valence-corrected chi connectivity index (χ1v) is 6.91. The molecule has 0 aliphatic rings. The van der Waals surface area contributed by atoms with Crippen LogP contribution in [0.5, 0.6) is 0 Å². The number of benzene rings is 1. The summed E-state index contributed by atoms with van der Waals surface area (Å²) in [7, 11) is 0. The molecule has 0 heterocycles. The number of aliphatic hydroxyl groups excluding tert-OH is 1. The zero-order valence-corrected chi connectivity index (χ0v) is 12.4. The van der Waals surface area contributed by atoms with Crippen LogP contribution in [0.1, 0.15) is 32.8 Å². The fourth-order valence-corrected chi connectivity index (χ4v) is 2.17. The Balaban J connectivity index is 2.37. The Kier molecular flexibility index (Phi) is 6.10. The molecule has 2 N–H and O–H groups in total. The first-order chi connectivity index (χ1) is 9.29. The largest absolute Gasteiger partial charge is 0.392 e. The molecule has 0 bridgehead atoms. The van der Waals surface area contributed by atoms with Crippen molar-refractivity contribution in [3.8, 4) is 0 Å². The van der Waals surface area contributed by atoms with E-state index in [0.29, 0.717) is 19.5 Å². The topological polar surface area (TPSA) is 75.4 Å². The van der Waals surface area contributed by atoms with E-state index >= 15 is 0 Å². The zero-order valence-electron chi connectivity index (χ0n) is 12.4. The minimum absolute atomic E-state index is 0.0965. The van der Waals surface area contributed by atoms with Gasteiger partial charge in [-0.15, -0.1) is 0 Å². The Hall–Kier alpha value is -1.46. The third kappa shape index (κ3) is 6.12. The van der Waals surface area contributed by atoms with Crippen molar-refractivity contribution in [1.82, 2.24) is 5.32 Å². The third-order valence-corrected chi connectivity index (χ3v) is 2.99. The Morgan fingerprint density at radius 2 is 2.00 bits per heavy atom. The van der Waals surface area contributed by atoms with Crippen molar-refractivity contribution in [2.75, 3.05) is 13.1 Å². The molecule has 0 radical (unpaired) electrons. The van der Waals surface area contributed by atoms with Gasteiger partial charge in [0.15, 0.2) is 0 Å². The van der Waals surface area contributed by atoms with Crippen molar-refractivity contribution in [3.05, 3.63) is 39.9 Å². The molecule has 1 atom stereocenters. The van der Waals surface area contributed by atoms with Crippen LogP contribution >= 0.6 is 0 Å². The predicted molar refractivity (Wildman–Crippen MR) is 79.7 cm³/mol. The summed E-state index contributed by atoms with van der Waals surface area (Å²) in [5.41, 5.74) is 0.971. The Morgan fingerprint density at radius 3 is 2.60 bits per heavy atom. The van der Waals surface area contributed by atoms with Gasteiger partial charge < -0.3 is 10.4 Å². The lowest BCUT2D eigenvalue weighted by molar-refractivity contribution is -0.385. The van der Waals surface area contributed by atoms with Crippen LogP contribution in [0.15, 0.2) is 24.3 Å². The van der Waals surface area contributed by atoms with Gasteiger partial charge in [-0.1, -0.05) is 39.0 Å². The summed E-state index contributed by atoms with van der Waals surface area (Å²) in [5, 5.41) is 23.9. The lowest BCUT2D eigenvalue weighted by Crippen LogP contribution is -2.31. The molecule has 5 nitrogen and oxygen atoms in total. The molecule has 5 heteroatoms. The zero-order chi connectivity index (χ0) is 15.2. The van der Waals surface area contributed by atoms with Crippen molar-refractivity contribution in [1.29, 1.82) is 0 Å². The van der Waals surface area contributed by atoms with E-state index in [0.717, 1.165) is 12.0 Å². The van der Waals surface area contributed by atoms with Crippen LogP contribution in [-0.4, -0.2) is 29.2 Å². The molecule has 112 valence electrons. The summed E-state index contributed by atoms with van der Waals surface area (Å²) in [6, 6.07) is 6.76. The maximum absolute atomic E-state index is 10.9. The second-order valence-corrected chi connectivity index (χ2v) is 6.26. The first kappa shape index (κ1) is 16.6. The Morgan fingerprint density at radius 1 is 1.35 bits per heavy atom. The van der Waals surface area contributed by atoms with Crippen molar-refractivity contribution < 1.29 is 10.0 Å².